The van der Waals surface area contributed by atoms with E-state index in [4.69, 9.17) is 0 Å². The van der Waals surface area contributed by atoms with Crippen LogP contribution in [0.4, 0.5) is 29.3 Å². The molecule has 0 aliphatic carbocycles. The van der Waals surface area contributed by atoms with E-state index in [0.717, 1.165) is 40.7 Å². The first-order valence-corrected chi connectivity index (χ1v) is 10.3. The maximum atomic E-state index is 12.7. The van der Waals surface area contributed by atoms with Crippen molar-refractivity contribution in [3.05, 3.63) is 84.1 Å². The van der Waals surface area contributed by atoms with E-state index >= 15 is 0 Å². The van der Waals surface area contributed by atoms with Gasteiger partial charge in [0.25, 0.3) is 0 Å². The highest BCUT2D eigenvalue weighted by molar-refractivity contribution is 6.06. The van der Waals surface area contributed by atoms with Gasteiger partial charge in [-0.1, -0.05) is 30.3 Å². The lowest BCUT2D eigenvalue weighted by Crippen LogP contribution is -2.19. The topological polar surface area (TPSA) is 60.2 Å². The summed E-state index contributed by atoms with van der Waals surface area (Å²) in [5, 5.41) is 6.14. The van der Waals surface area contributed by atoms with Crippen molar-refractivity contribution in [1.82, 2.24) is 9.88 Å². The number of carbonyl (C=O) groups is 1. The summed E-state index contributed by atoms with van der Waals surface area (Å²) in [5.41, 5.74) is 4.19. The molecule has 0 unspecified atom stereocenters. The van der Waals surface area contributed by atoms with Gasteiger partial charge in [-0.25, -0.2) is 4.79 Å². The van der Waals surface area contributed by atoms with E-state index in [1.54, 1.807) is 6.20 Å². The molecule has 4 aromatic rings. The van der Waals surface area contributed by atoms with Crippen LogP contribution in [-0.4, -0.2) is 30.0 Å². The van der Waals surface area contributed by atoms with Crippen molar-refractivity contribution < 1.29 is 18.0 Å². The number of hydrogen-bond acceptors (Lipinski definition) is 2. The number of carbonyl (C=O) groups excluding carboxylic acids is 1. The van der Waals surface area contributed by atoms with Crippen LogP contribution in [0, 0.1) is 0 Å². The molecule has 33 heavy (non-hydrogen) atoms. The van der Waals surface area contributed by atoms with Gasteiger partial charge in [-0.05, 0) is 67.2 Å². The van der Waals surface area contributed by atoms with Gasteiger partial charge in [-0.15, -0.1) is 0 Å². The molecule has 1 heterocycles. The number of rotatable bonds is 5. The molecule has 4 rings (SSSR count). The first-order chi connectivity index (χ1) is 15.7. The third-order valence-electron chi connectivity index (χ3n) is 5.19. The van der Waals surface area contributed by atoms with Crippen molar-refractivity contribution in [2.75, 3.05) is 24.7 Å². The zero-order valence-electron chi connectivity index (χ0n) is 18.1. The van der Waals surface area contributed by atoms with Crippen molar-refractivity contribution >= 4 is 28.3 Å². The van der Waals surface area contributed by atoms with Gasteiger partial charge < -0.3 is 20.5 Å². The number of amides is 2. The van der Waals surface area contributed by atoms with Crippen LogP contribution in [0.15, 0.2) is 72.9 Å². The summed E-state index contributed by atoms with van der Waals surface area (Å²) in [6.45, 7) is 0.860. The molecule has 0 radical (unpaired) electrons. The van der Waals surface area contributed by atoms with Crippen LogP contribution in [0.2, 0.25) is 0 Å². The number of aromatic amines is 1. The summed E-state index contributed by atoms with van der Waals surface area (Å²) in [6, 6.07) is 18.0. The third-order valence-corrected chi connectivity index (χ3v) is 5.19. The predicted octanol–water partition coefficient (Wildman–Crippen LogP) is 6.56. The van der Waals surface area contributed by atoms with Crippen LogP contribution in [0.3, 0.4) is 0 Å². The molecule has 3 aromatic carbocycles. The number of aromatic nitrogens is 1. The highest BCUT2D eigenvalue weighted by Crippen LogP contribution is 2.31. The van der Waals surface area contributed by atoms with Crippen molar-refractivity contribution in [2.45, 2.75) is 12.7 Å². The molecule has 0 saturated heterocycles. The Morgan fingerprint density at radius 2 is 1.58 bits per heavy atom. The predicted molar refractivity (Wildman–Crippen MR) is 125 cm³/mol. The van der Waals surface area contributed by atoms with Crippen molar-refractivity contribution in [2.24, 2.45) is 0 Å². The van der Waals surface area contributed by atoms with Gasteiger partial charge in [0.05, 0.1) is 11.3 Å². The van der Waals surface area contributed by atoms with E-state index in [2.05, 4.69) is 44.8 Å². The van der Waals surface area contributed by atoms with Crippen LogP contribution in [0.1, 0.15) is 11.1 Å². The number of H-pyrrole nitrogens is 1. The molecule has 5 nitrogen and oxygen atoms in total. The summed E-state index contributed by atoms with van der Waals surface area (Å²) >= 11 is 0. The summed E-state index contributed by atoms with van der Waals surface area (Å²) in [5.74, 6) is 0. The second-order valence-corrected chi connectivity index (χ2v) is 8.05. The summed E-state index contributed by atoms with van der Waals surface area (Å²) in [7, 11) is 4.05. The lowest BCUT2D eigenvalue weighted by molar-refractivity contribution is -0.137. The van der Waals surface area contributed by atoms with Gasteiger partial charge in [-0.3, -0.25) is 0 Å². The third kappa shape index (κ3) is 5.35. The average Bonchev–Trinajstić information content (AvgIpc) is 3.15. The number of benzene rings is 3. The first kappa shape index (κ1) is 22.4. The molecule has 0 saturated carbocycles. The minimum Gasteiger partial charge on any atom is -0.359 e. The monoisotopic (exact) mass is 452 g/mol. The number of alkyl halides is 3. The van der Waals surface area contributed by atoms with Crippen molar-refractivity contribution in [3.63, 3.8) is 0 Å². The Balaban J connectivity index is 1.50. The number of urea groups is 1. The molecule has 0 fully saturated rings. The number of nitrogens with zero attached hydrogens (tertiary/aromatic N) is 1. The normalized spacial score (nSPS) is 11.7. The van der Waals surface area contributed by atoms with E-state index in [1.807, 2.05) is 32.3 Å². The minimum atomic E-state index is -4.42. The molecule has 8 heteroatoms. The number of fused-ring (bicyclic) bond motifs is 1. The minimum absolute atomic E-state index is 0.263. The smallest absolute Gasteiger partial charge is 0.359 e. The number of nitrogens with one attached hydrogen (secondary N) is 3. The standard InChI is InChI=1S/C25H23F3N4O/c1-32(2)15-16-3-5-17(6-4-16)18-7-12-22-21(13-18)23(14-29-22)31-24(33)30-20-10-8-19(9-11-20)25(26,27)28/h3-14,29H,15H2,1-2H3,(H2,30,31,33). The van der Waals surface area contributed by atoms with E-state index in [-0.39, 0.29) is 5.69 Å². The Labute approximate surface area is 189 Å². The maximum absolute atomic E-state index is 12.7. The second kappa shape index (κ2) is 8.99. The van der Waals surface area contributed by atoms with E-state index in [9.17, 15) is 18.0 Å². The van der Waals surface area contributed by atoms with Crippen LogP contribution < -0.4 is 10.6 Å². The molecular formula is C25H23F3N4O. The van der Waals surface area contributed by atoms with Gasteiger partial charge >= 0.3 is 12.2 Å². The molecular weight excluding hydrogens is 429 g/mol. The second-order valence-electron chi connectivity index (χ2n) is 8.05. The summed E-state index contributed by atoms with van der Waals surface area (Å²) < 4.78 is 38.1. The number of halogens is 3. The van der Waals surface area contributed by atoms with Gasteiger partial charge in [0.15, 0.2) is 0 Å². The fourth-order valence-corrected chi connectivity index (χ4v) is 3.60. The zero-order valence-corrected chi connectivity index (χ0v) is 18.1. The van der Waals surface area contributed by atoms with Gasteiger partial charge in [0.2, 0.25) is 0 Å². The van der Waals surface area contributed by atoms with Gasteiger partial charge in [0, 0.05) is 29.3 Å². The molecule has 0 bridgehead atoms. The van der Waals surface area contributed by atoms with Crippen molar-refractivity contribution in [3.8, 4) is 11.1 Å². The Hall–Kier alpha value is -3.78. The molecule has 0 aliphatic rings. The highest BCUT2D eigenvalue weighted by atomic mass is 19.4. The number of anilines is 2. The average molecular weight is 452 g/mol. The molecule has 0 aliphatic heterocycles. The summed E-state index contributed by atoms with van der Waals surface area (Å²) in [4.78, 5) is 17.6. The first-order valence-electron chi connectivity index (χ1n) is 10.3. The molecule has 0 atom stereocenters. The molecule has 2 amide bonds. The van der Waals surface area contributed by atoms with Crippen LogP contribution in [0.5, 0.6) is 0 Å². The largest absolute Gasteiger partial charge is 0.416 e. The fourth-order valence-electron chi connectivity index (χ4n) is 3.60. The fraction of sp³-hybridized carbons (Fsp3) is 0.160. The summed E-state index contributed by atoms with van der Waals surface area (Å²) in [6.07, 6.45) is -2.74. The molecule has 3 N–H and O–H groups in total. The van der Waals surface area contributed by atoms with E-state index in [0.29, 0.717) is 5.69 Å². The zero-order chi connectivity index (χ0) is 23.6. The van der Waals surface area contributed by atoms with E-state index in [1.165, 1.54) is 17.7 Å². The van der Waals surface area contributed by atoms with E-state index < -0.39 is 17.8 Å². The van der Waals surface area contributed by atoms with Gasteiger partial charge in [0.1, 0.15) is 0 Å². The molecule has 0 spiro atoms. The van der Waals surface area contributed by atoms with Crippen LogP contribution >= 0.6 is 0 Å². The van der Waals surface area contributed by atoms with Crippen LogP contribution in [0.25, 0.3) is 22.0 Å². The highest BCUT2D eigenvalue weighted by Gasteiger charge is 2.30. The van der Waals surface area contributed by atoms with Crippen LogP contribution in [-0.2, 0) is 12.7 Å². The number of hydrogen-bond donors (Lipinski definition) is 3. The lowest BCUT2D eigenvalue weighted by atomic mass is 10.0. The Morgan fingerprint density at radius 3 is 2.21 bits per heavy atom. The maximum Gasteiger partial charge on any atom is 0.416 e. The quantitative estimate of drug-likeness (QED) is 0.321. The Kier molecular flexibility index (Phi) is 6.11. The Bertz CT molecular complexity index is 1260. The Morgan fingerprint density at radius 1 is 0.909 bits per heavy atom. The molecule has 1 aromatic heterocycles. The lowest BCUT2D eigenvalue weighted by Gasteiger charge is -2.11. The van der Waals surface area contributed by atoms with Gasteiger partial charge in [-0.2, -0.15) is 13.2 Å². The molecule has 170 valence electrons. The van der Waals surface area contributed by atoms with Crippen molar-refractivity contribution in [1.29, 1.82) is 0 Å². The SMILES string of the molecule is CN(C)Cc1ccc(-c2ccc3[nH]cc(NC(=O)Nc4ccc(C(F)(F)F)cc4)c3c2)cc1.